The minimum absolute atomic E-state index is 0.0795. The van der Waals surface area contributed by atoms with Crippen LogP contribution in [0.25, 0.3) is 22.3 Å². The van der Waals surface area contributed by atoms with Crippen LogP contribution >= 0.6 is 25.8 Å². The van der Waals surface area contributed by atoms with Crippen molar-refractivity contribution in [2.75, 3.05) is 31.3 Å². The van der Waals surface area contributed by atoms with Crippen LogP contribution in [0.5, 0.6) is 0 Å². The van der Waals surface area contributed by atoms with Gasteiger partial charge >= 0.3 is 13.5 Å². The van der Waals surface area contributed by atoms with E-state index in [-0.39, 0.29) is 29.4 Å². The molecule has 0 aliphatic carbocycles. The van der Waals surface area contributed by atoms with Crippen LogP contribution < -0.4 is 11.5 Å². The molecule has 8 heterocycles. The molecule has 4 saturated heterocycles. The van der Waals surface area contributed by atoms with Crippen molar-refractivity contribution < 1.29 is 46.2 Å². The second kappa shape index (κ2) is 10.5. The molecule has 4 aromatic rings. The Morgan fingerprint density at radius 3 is 2.27 bits per heavy atom. The summed E-state index contributed by atoms with van der Waals surface area (Å²) in [5, 5.41) is 0. The van der Waals surface area contributed by atoms with Gasteiger partial charge in [-0.1, -0.05) is 12.2 Å². The van der Waals surface area contributed by atoms with E-state index in [0.29, 0.717) is 11.2 Å². The number of nitrogens with zero attached hydrogens (tertiary/aromatic N) is 8. The fourth-order valence-corrected chi connectivity index (χ4v) is 8.84. The van der Waals surface area contributed by atoms with Gasteiger partial charge in [-0.15, -0.1) is 0 Å². The van der Waals surface area contributed by atoms with Gasteiger partial charge in [0.1, 0.15) is 53.7 Å². The molecule has 2 unspecified atom stereocenters. The zero-order valence-corrected chi connectivity index (χ0v) is 26.0. The van der Waals surface area contributed by atoms with Crippen molar-refractivity contribution in [3.8, 4) is 0 Å². The van der Waals surface area contributed by atoms with Gasteiger partial charge < -0.3 is 35.1 Å². The van der Waals surface area contributed by atoms with Gasteiger partial charge in [0.05, 0.1) is 32.5 Å². The Morgan fingerprint density at radius 2 is 1.60 bits per heavy atom. The zero-order valence-electron chi connectivity index (χ0n) is 22.5. The molecule has 240 valence electrons. The predicted octanol–water partition coefficient (Wildman–Crippen LogP) is 0.804. The summed E-state index contributed by atoms with van der Waals surface area (Å²) in [7, 11) is 0. The van der Waals surface area contributed by atoms with E-state index in [1.54, 1.807) is 4.57 Å². The summed E-state index contributed by atoms with van der Waals surface area (Å²) in [6.45, 7) is -9.54. The number of imidazole rings is 2. The molecule has 19 nitrogen and oxygen atoms in total. The first-order valence-corrected chi connectivity index (χ1v) is 18.5. The third-order valence-corrected chi connectivity index (χ3v) is 11.1. The first kappa shape index (κ1) is 29.9. The lowest BCUT2D eigenvalue weighted by Crippen LogP contribution is -2.46. The largest absolute Gasteiger partial charge is 0.386 e. The summed E-state index contributed by atoms with van der Waals surface area (Å²) < 4.78 is 73.7. The van der Waals surface area contributed by atoms with E-state index < -0.39 is 75.4 Å². The van der Waals surface area contributed by atoms with E-state index in [4.69, 9.17) is 55.6 Å². The number of fused-ring (bicyclic) bond motifs is 3. The molecule has 0 radical (unpaired) electrons. The molecule has 4 fully saturated rings. The summed E-state index contributed by atoms with van der Waals surface area (Å²) >= 11 is 9.46. The topological polar surface area (TPSA) is 241 Å². The number of hydrogen-bond acceptors (Lipinski definition) is 17. The Bertz CT molecular complexity index is 1920. The van der Waals surface area contributed by atoms with Crippen molar-refractivity contribution in [3.63, 3.8) is 0 Å². The van der Waals surface area contributed by atoms with Gasteiger partial charge in [-0.2, -0.15) is 0 Å². The Balaban J connectivity index is 1.10. The van der Waals surface area contributed by atoms with Crippen LogP contribution in [-0.2, 0) is 48.7 Å². The van der Waals surface area contributed by atoms with E-state index in [9.17, 15) is 9.46 Å². The number of alkyl halides is 1. The lowest BCUT2D eigenvalue weighted by Gasteiger charge is -2.34. The lowest BCUT2D eigenvalue weighted by atomic mass is 10.0. The lowest BCUT2D eigenvalue weighted by molar-refractivity contribution is -0.183. The molecule has 4 aliphatic rings. The van der Waals surface area contributed by atoms with Crippen molar-refractivity contribution in [2.45, 2.75) is 48.6 Å². The fourth-order valence-electron chi connectivity index (χ4n) is 5.88. The number of halogens is 1. The van der Waals surface area contributed by atoms with Crippen LogP contribution in [0.3, 0.4) is 0 Å². The molecule has 0 aromatic carbocycles. The van der Waals surface area contributed by atoms with E-state index in [2.05, 4.69) is 42.2 Å². The highest BCUT2D eigenvalue weighted by Gasteiger charge is 2.65. The number of anilines is 2. The summed E-state index contributed by atoms with van der Waals surface area (Å²) in [6.07, 6.45) is -3.92. The van der Waals surface area contributed by atoms with E-state index >= 15 is 4.39 Å². The minimum atomic E-state index is -4.33. The molecule has 45 heavy (non-hydrogen) atoms. The zero-order chi connectivity index (χ0) is 31.3. The van der Waals surface area contributed by atoms with Gasteiger partial charge in [0.2, 0.25) is 0 Å². The number of ether oxygens (including phenoxy) is 3. The first-order valence-electron chi connectivity index (χ1n) is 13.2. The molecule has 0 saturated carbocycles. The quantitative estimate of drug-likeness (QED) is 0.167. The summed E-state index contributed by atoms with van der Waals surface area (Å²) in [5.74, 6) is 0.232. The molecule has 10 atom stereocenters. The molecule has 0 amide bonds. The molecular weight excluding hydrogens is 681 g/mol. The summed E-state index contributed by atoms with van der Waals surface area (Å²) in [4.78, 5) is 35.8. The molecule has 2 bridgehead atoms. The number of thiol groups is 1. The highest BCUT2D eigenvalue weighted by Crippen LogP contribution is 2.61. The molecule has 4 aromatic heterocycles. The van der Waals surface area contributed by atoms with Crippen LogP contribution in [0.2, 0.25) is 0 Å². The Morgan fingerprint density at radius 1 is 0.956 bits per heavy atom. The third-order valence-electron chi connectivity index (χ3n) is 7.94. The number of aromatic nitrogens is 8. The van der Waals surface area contributed by atoms with Gasteiger partial charge in [0, 0.05) is 0 Å². The van der Waals surface area contributed by atoms with Gasteiger partial charge in [-0.25, -0.2) is 38.9 Å². The molecule has 0 spiro atoms. The van der Waals surface area contributed by atoms with Crippen molar-refractivity contribution in [1.29, 1.82) is 0 Å². The molecule has 5 N–H and O–H groups in total. The van der Waals surface area contributed by atoms with Gasteiger partial charge in [0.15, 0.2) is 41.6 Å². The monoisotopic (exact) mass is 704 g/mol. The van der Waals surface area contributed by atoms with Crippen molar-refractivity contribution in [1.82, 2.24) is 39.0 Å². The fraction of sp³-hybridized carbons (Fsp3) is 0.524. The average molecular weight is 705 g/mol. The normalized spacial score (nSPS) is 40.3. The Kier molecular flexibility index (Phi) is 7.00. The number of hydrogen-bond donors (Lipinski definition) is 4. The molecule has 8 rings (SSSR count). The van der Waals surface area contributed by atoms with Crippen LogP contribution in [0, 0.1) is 0 Å². The van der Waals surface area contributed by atoms with E-state index in [0.717, 1.165) is 0 Å². The standard InChI is InChI=1S/C21H23FN10O9P2S2/c22-9-12-8(38-19(9)31-6-29-10-15(23)25-4-27-17(10)31)1-36-42(33,44)41-14-13-20(32-7-30-11-16(24)26-5-28-18(11)32)39-21(14,2-35-13)3-37-43(34,45)40-12/h4-9,12-14,19-20H,1-3H2,(H,33,44)(H,34,45)(H2,23,25,27)(H2,24,26,28)/t8-,9-,12-,13-,14+,19-,20-,21+,42?,43?/m1/s1. The SMILES string of the molecule is Nc1ncnc2c1ncn2[C@@H]1O[C@@H]2COP(O)(=S)O[C@H]3[C@H]4OC[C@@]3(COP(=O)(S)O[C@H]2[C@H]1F)O[C@H]4n1cnc2c(N)ncnc21. The Hall–Kier alpha value is -2.46. The first-order chi connectivity index (χ1) is 21.5. The predicted molar refractivity (Wildman–Crippen MR) is 156 cm³/mol. The van der Waals surface area contributed by atoms with Crippen molar-refractivity contribution in [3.05, 3.63) is 25.3 Å². The smallest absolute Gasteiger partial charge is 0.382 e. The maximum Gasteiger partial charge on any atom is 0.386 e. The summed E-state index contributed by atoms with van der Waals surface area (Å²) in [5.41, 5.74) is 11.4. The van der Waals surface area contributed by atoms with Crippen LogP contribution in [0.15, 0.2) is 25.3 Å². The number of nitrogen functional groups attached to an aromatic ring is 2. The van der Waals surface area contributed by atoms with Crippen molar-refractivity contribution in [2.24, 2.45) is 0 Å². The summed E-state index contributed by atoms with van der Waals surface area (Å²) in [6, 6.07) is 0. The highest BCUT2D eigenvalue weighted by atomic mass is 32.7. The second-order valence-corrected chi connectivity index (χ2v) is 16.3. The van der Waals surface area contributed by atoms with Crippen LogP contribution in [0.4, 0.5) is 16.0 Å². The number of rotatable bonds is 2. The molecular formula is C21H23FN10O9P2S2. The van der Waals surface area contributed by atoms with Gasteiger partial charge in [0.25, 0.3) is 0 Å². The van der Waals surface area contributed by atoms with Crippen molar-refractivity contribution >= 4 is 71.5 Å². The second-order valence-electron chi connectivity index (χ2n) is 10.6. The maximum atomic E-state index is 16.1. The van der Waals surface area contributed by atoms with Crippen LogP contribution in [-0.4, -0.2) is 99.9 Å². The highest BCUT2D eigenvalue weighted by molar-refractivity contribution is 8.44. The maximum absolute atomic E-state index is 16.1. The van der Waals surface area contributed by atoms with Gasteiger partial charge in [-0.3, -0.25) is 22.7 Å². The molecule has 24 heteroatoms. The third kappa shape index (κ3) is 4.86. The minimum Gasteiger partial charge on any atom is -0.382 e. The average Bonchev–Trinajstić information content (AvgIpc) is 3.80. The Labute approximate surface area is 261 Å². The van der Waals surface area contributed by atoms with E-state index in [1.165, 1.54) is 29.9 Å². The molecule has 4 aliphatic heterocycles. The van der Waals surface area contributed by atoms with E-state index in [1.807, 2.05) is 0 Å². The number of nitrogens with two attached hydrogens (primary N) is 2. The van der Waals surface area contributed by atoms with Crippen LogP contribution in [0.1, 0.15) is 12.5 Å². The van der Waals surface area contributed by atoms with Gasteiger partial charge in [-0.05, 0) is 11.8 Å².